The normalized spacial score (nSPS) is 18.2. The summed E-state index contributed by atoms with van der Waals surface area (Å²) in [5.74, 6) is 3.92. The number of aromatic nitrogens is 5. The third kappa shape index (κ3) is 1.77. The van der Waals surface area contributed by atoms with E-state index >= 15 is 0 Å². The van der Waals surface area contributed by atoms with E-state index in [1.54, 1.807) is 17.7 Å². The second-order valence-corrected chi connectivity index (χ2v) is 6.55. The van der Waals surface area contributed by atoms with Gasteiger partial charge >= 0.3 is 0 Å². The standard InChI is InChI=1S/C14H14N6S/c1-2-9(1)12-18-17-11-7-19(4-5-20(11)12)13-10-3-6-21-14(10)16-8-15-13/h3,6,8-9H,1-2,4-5,7H2. The molecule has 6 nitrogen and oxygen atoms in total. The van der Waals surface area contributed by atoms with E-state index in [9.17, 15) is 0 Å². The van der Waals surface area contributed by atoms with Gasteiger partial charge in [0.1, 0.15) is 22.8 Å². The van der Waals surface area contributed by atoms with Crippen molar-refractivity contribution in [1.82, 2.24) is 24.7 Å². The van der Waals surface area contributed by atoms with Gasteiger partial charge in [-0.1, -0.05) is 0 Å². The Bertz CT molecular complexity index is 818. The molecule has 0 spiro atoms. The van der Waals surface area contributed by atoms with Crippen molar-refractivity contribution < 1.29 is 0 Å². The first-order chi connectivity index (χ1) is 10.4. The summed E-state index contributed by atoms with van der Waals surface area (Å²) in [6.07, 6.45) is 4.19. The molecule has 2 aliphatic rings. The Balaban J connectivity index is 1.53. The topological polar surface area (TPSA) is 59.7 Å². The van der Waals surface area contributed by atoms with Crippen molar-refractivity contribution in [1.29, 1.82) is 0 Å². The van der Waals surface area contributed by atoms with Crippen molar-refractivity contribution in [3.63, 3.8) is 0 Å². The van der Waals surface area contributed by atoms with E-state index in [0.717, 1.165) is 41.5 Å². The van der Waals surface area contributed by atoms with Gasteiger partial charge in [0.2, 0.25) is 0 Å². The van der Waals surface area contributed by atoms with Gasteiger partial charge in [-0.2, -0.15) is 0 Å². The van der Waals surface area contributed by atoms with Gasteiger partial charge in [0, 0.05) is 19.0 Å². The molecular formula is C14H14N6S. The molecule has 0 saturated heterocycles. The second kappa shape index (κ2) is 4.24. The van der Waals surface area contributed by atoms with Crippen molar-refractivity contribution in [3.8, 4) is 0 Å². The van der Waals surface area contributed by atoms with Gasteiger partial charge in [-0.05, 0) is 24.3 Å². The van der Waals surface area contributed by atoms with Crippen molar-refractivity contribution in [2.75, 3.05) is 11.4 Å². The maximum Gasteiger partial charge on any atom is 0.152 e. The highest BCUT2D eigenvalue weighted by Gasteiger charge is 2.32. The minimum absolute atomic E-state index is 0.653. The van der Waals surface area contributed by atoms with Crippen molar-refractivity contribution in [2.45, 2.75) is 31.8 Å². The quantitative estimate of drug-likeness (QED) is 0.726. The van der Waals surface area contributed by atoms with Gasteiger partial charge in [-0.3, -0.25) is 0 Å². The fourth-order valence-corrected chi connectivity index (χ4v) is 3.76. The Morgan fingerprint density at radius 1 is 1.14 bits per heavy atom. The first kappa shape index (κ1) is 11.6. The Hall–Kier alpha value is -2.02. The lowest BCUT2D eigenvalue weighted by Crippen LogP contribution is -2.35. The van der Waals surface area contributed by atoms with Gasteiger partial charge in [0.25, 0.3) is 0 Å². The smallest absolute Gasteiger partial charge is 0.152 e. The summed E-state index contributed by atoms with van der Waals surface area (Å²) < 4.78 is 2.31. The molecule has 7 heteroatoms. The first-order valence-electron chi connectivity index (χ1n) is 7.25. The van der Waals surface area contributed by atoms with Crippen molar-refractivity contribution in [2.24, 2.45) is 0 Å². The molecule has 1 aliphatic heterocycles. The summed E-state index contributed by atoms with van der Waals surface area (Å²) in [6, 6.07) is 2.10. The molecule has 1 saturated carbocycles. The predicted octanol–water partition coefficient (Wildman–Crippen LogP) is 2.18. The first-order valence-corrected chi connectivity index (χ1v) is 8.13. The van der Waals surface area contributed by atoms with Crippen LogP contribution in [0.4, 0.5) is 5.82 Å². The number of hydrogen-bond donors (Lipinski definition) is 0. The molecule has 3 aromatic heterocycles. The van der Waals surface area contributed by atoms with Gasteiger partial charge in [-0.25, -0.2) is 9.97 Å². The van der Waals surface area contributed by atoms with Crippen LogP contribution >= 0.6 is 11.3 Å². The maximum atomic E-state index is 4.49. The minimum atomic E-state index is 0.653. The van der Waals surface area contributed by atoms with Crippen LogP contribution in [0.15, 0.2) is 17.8 Å². The molecule has 0 radical (unpaired) electrons. The van der Waals surface area contributed by atoms with Gasteiger partial charge in [-0.15, -0.1) is 21.5 Å². The summed E-state index contributed by atoms with van der Waals surface area (Å²) in [7, 11) is 0. The van der Waals surface area contributed by atoms with E-state index in [1.807, 2.05) is 0 Å². The highest BCUT2D eigenvalue weighted by atomic mass is 32.1. The fraction of sp³-hybridized carbons (Fsp3) is 0.429. The van der Waals surface area contributed by atoms with Crippen LogP contribution in [0, 0.1) is 0 Å². The summed E-state index contributed by atoms with van der Waals surface area (Å²) >= 11 is 1.66. The van der Waals surface area contributed by atoms with Gasteiger partial charge < -0.3 is 9.47 Å². The molecule has 0 atom stereocenters. The Labute approximate surface area is 125 Å². The molecular weight excluding hydrogens is 284 g/mol. The zero-order valence-electron chi connectivity index (χ0n) is 11.4. The number of rotatable bonds is 2. The third-order valence-corrected chi connectivity index (χ3v) is 5.09. The van der Waals surface area contributed by atoms with Crippen LogP contribution in [0.5, 0.6) is 0 Å². The second-order valence-electron chi connectivity index (χ2n) is 5.66. The number of thiophene rings is 1. The average molecular weight is 298 g/mol. The van der Waals surface area contributed by atoms with Crippen LogP contribution in [-0.4, -0.2) is 31.3 Å². The van der Waals surface area contributed by atoms with Gasteiger partial charge in [0.05, 0.1) is 11.9 Å². The summed E-state index contributed by atoms with van der Waals surface area (Å²) in [5, 5.41) is 12.0. The zero-order valence-corrected chi connectivity index (χ0v) is 12.3. The summed E-state index contributed by atoms with van der Waals surface area (Å²) in [6.45, 7) is 2.68. The fourth-order valence-electron chi connectivity index (χ4n) is 3.03. The molecule has 0 bridgehead atoms. The van der Waals surface area contributed by atoms with E-state index in [1.165, 1.54) is 18.7 Å². The van der Waals surface area contributed by atoms with Crippen molar-refractivity contribution >= 4 is 27.4 Å². The predicted molar refractivity (Wildman–Crippen MR) is 80.5 cm³/mol. The molecule has 3 aromatic rings. The molecule has 0 amide bonds. The highest BCUT2D eigenvalue weighted by molar-refractivity contribution is 7.16. The molecule has 1 fully saturated rings. The summed E-state index contributed by atoms with van der Waals surface area (Å²) in [4.78, 5) is 12.2. The lowest BCUT2D eigenvalue weighted by molar-refractivity contribution is 0.541. The molecule has 0 unspecified atom stereocenters. The minimum Gasteiger partial charge on any atom is -0.347 e. The van der Waals surface area contributed by atoms with E-state index in [0.29, 0.717) is 5.92 Å². The van der Waals surface area contributed by atoms with E-state index in [2.05, 4.69) is 41.1 Å². The van der Waals surface area contributed by atoms with E-state index in [-0.39, 0.29) is 0 Å². The lowest BCUT2D eigenvalue weighted by atomic mass is 10.3. The molecule has 21 heavy (non-hydrogen) atoms. The number of fused-ring (bicyclic) bond motifs is 2. The van der Waals surface area contributed by atoms with Crippen LogP contribution in [0.1, 0.15) is 30.4 Å². The molecule has 0 aromatic carbocycles. The van der Waals surface area contributed by atoms with E-state index < -0.39 is 0 Å². The molecule has 0 N–H and O–H groups in total. The molecule has 1 aliphatic carbocycles. The van der Waals surface area contributed by atoms with Crippen LogP contribution in [0.2, 0.25) is 0 Å². The van der Waals surface area contributed by atoms with Crippen LogP contribution in [0.3, 0.4) is 0 Å². The van der Waals surface area contributed by atoms with Crippen LogP contribution < -0.4 is 4.90 Å². The van der Waals surface area contributed by atoms with Crippen LogP contribution in [-0.2, 0) is 13.1 Å². The maximum absolute atomic E-state index is 4.49. The van der Waals surface area contributed by atoms with Crippen LogP contribution in [0.25, 0.3) is 10.2 Å². The van der Waals surface area contributed by atoms with E-state index in [4.69, 9.17) is 0 Å². The third-order valence-electron chi connectivity index (χ3n) is 4.26. The number of nitrogens with zero attached hydrogens (tertiary/aromatic N) is 6. The molecule has 4 heterocycles. The molecule has 5 rings (SSSR count). The largest absolute Gasteiger partial charge is 0.347 e. The van der Waals surface area contributed by atoms with Crippen molar-refractivity contribution in [3.05, 3.63) is 29.4 Å². The zero-order chi connectivity index (χ0) is 13.8. The van der Waals surface area contributed by atoms with Gasteiger partial charge in [0.15, 0.2) is 5.82 Å². The number of hydrogen-bond acceptors (Lipinski definition) is 6. The number of anilines is 1. The Morgan fingerprint density at radius 2 is 2.10 bits per heavy atom. The Morgan fingerprint density at radius 3 is 3.00 bits per heavy atom. The lowest BCUT2D eigenvalue weighted by Gasteiger charge is -2.29. The molecule has 106 valence electrons. The highest BCUT2D eigenvalue weighted by Crippen LogP contribution is 2.40. The Kier molecular flexibility index (Phi) is 2.34. The SMILES string of the molecule is c1nc(N2CCn3c(nnc3C3CC3)C2)c2ccsc2n1. The summed E-state index contributed by atoms with van der Waals surface area (Å²) in [5.41, 5.74) is 0. The monoisotopic (exact) mass is 298 g/mol. The average Bonchev–Trinajstić information content (AvgIpc) is 3.10.